The number of hydrogen-bond acceptors (Lipinski definition) is 2. The van der Waals surface area contributed by atoms with Crippen LogP contribution in [0.25, 0.3) is 0 Å². The second-order valence-corrected chi connectivity index (χ2v) is 3.48. The summed E-state index contributed by atoms with van der Waals surface area (Å²) in [6, 6.07) is 5.10. The summed E-state index contributed by atoms with van der Waals surface area (Å²) in [5.74, 6) is 0. The molecule has 0 amide bonds. The maximum absolute atomic E-state index is 4.00. The summed E-state index contributed by atoms with van der Waals surface area (Å²) in [5.41, 5.74) is 1.30. The average molecular weight is 178 g/mol. The Hall–Kier alpha value is -0.890. The molecule has 0 aliphatic rings. The monoisotopic (exact) mass is 178 g/mol. The minimum atomic E-state index is 0.415. The highest BCUT2D eigenvalue weighted by molar-refractivity contribution is 5.13. The predicted molar refractivity (Wildman–Crippen MR) is 55.5 cm³/mol. The zero-order chi connectivity index (χ0) is 9.68. The SMILES string of the molecule is CC[C@@H](C)N[C@H](C)c1ccncc1. The van der Waals surface area contributed by atoms with E-state index in [0.29, 0.717) is 12.1 Å². The smallest absolute Gasteiger partial charge is 0.0295 e. The van der Waals surface area contributed by atoms with Crippen molar-refractivity contribution in [1.29, 1.82) is 0 Å². The number of hydrogen-bond donors (Lipinski definition) is 1. The molecule has 2 heteroatoms. The number of pyridine rings is 1. The molecule has 0 spiro atoms. The van der Waals surface area contributed by atoms with Crippen LogP contribution in [0.5, 0.6) is 0 Å². The summed E-state index contributed by atoms with van der Waals surface area (Å²) in [6.45, 7) is 6.58. The Kier molecular flexibility index (Phi) is 3.90. The fraction of sp³-hybridized carbons (Fsp3) is 0.545. The minimum Gasteiger partial charge on any atom is -0.308 e. The Labute approximate surface area is 80.4 Å². The van der Waals surface area contributed by atoms with Crippen molar-refractivity contribution >= 4 is 0 Å². The van der Waals surface area contributed by atoms with Gasteiger partial charge in [0.1, 0.15) is 0 Å². The van der Waals surface area contributed by atoms with E-state index in [1.54, 1.807) is 0 Å². The van der Waals surface area contributed by atoms with Crippen LogP contribution in [0, 0.1) is 0 Å². The summed E-state index contributed by atoms with van der Waals surface area (Å²) in [7, 11) is 0. The molecule has 72 valence electrons. The molecule has 0 fully saturated rings. The highest BCUT2D eigenvalue weighted by atomic mass is 14.9. The maximum Gasteiger partial charge on any atom is 0.0295 e. The number of aromatic nitrogens is 1. The van der Waals surface area contributed by atoms with Gasteiger partial charge in [-0.1, -0.05) is 6.92 Å². The van der Waals surface area contributed by atoms with Crippen LogP contribution >= 0.6 is 0 Å². The van der Waals surface area contributed by atoms with E-state index in [1.165, 1.54) is 5.56 Å². The third-order valence-corrected chi connectivity index (χ3v) is 2.35. The first kappa shape index (κ1) is 10.2. The molecule has 0 saturated heterocycles. The molecule has 1 aromatic rings. The third-order valence-electron chi connectivity index (χ3n) is 2.35. The zero-order valence-electron chi connectivity index (χ0n) is 8.62. The van der Waals surface area contributed by atoms with Crippen LogP contribution in [0.4, 0.5) is 0 Å². The molecule has 0 aliphatic carbocycles. The van der Waals surface area contributed by atoms with E-state index in [-0.39, 0.29) is 0 Å². The molecule has 1 N–H and O–H groups in total. The van der Waals surface area contributed by atoms with Crippen molar-refractivity contribution in [2.45, 2.75) is 39.3 Å². The van der Waals surface area contributed by atoms with E-state index in [4.69, 9.17) is 0 Å². The molecule has 13 heavy (non-hydrogen) atoms. The Balaban J connectivity index is 2.53. The highest BCUT2D eigenvalue weighted by Crippen LogP contribution is 2.11. The quantitative estimate of drug-likeness (QED) is 0.766. The number of nitrogens with one attached hydrogen (secondary N) is 1. The van der Waals surface area contributed by atoms with E-state index in [2.05, 4.69) is 43.2 Å². The molecule has 0 unspecified atom stereocenters. The van der Waals surface area contributed by atoms with Crippen LogP contribution in [-0.2, 0) is 0 Å². The van der Waals surface area contributed by atoms with Crippen molar-refractivity contribution in [2.75, 3.05) is 0 Å². The lowest BCUT2D eigenvalue weighted by Crippen LogP contribution is -2.28. The van der Waals surface area contributed by atoms with Crippen molar-refractivity contribution < 1.29 is 0 Å². The fourth-order valence-corrected chi connectivity index (χ4v) is 1.29. The Morgan fingerprint density at radius 3 is 2.46 bits per heavy atom. The first-order valence-corrected chi connectivity index (χ1v) is 4.90. The van der Waals surface area contributed by atoms with Gasteiger partial charge in [0, 0.05) is 24.5 Å². The highest BCUT2D eigenvalue weighted by Gasteiger charge is 2.06. The zero-order valence-corrected chi connectivity index (χ0v) is 8.62. The normalized spacial score (nSPS) is 15.3. The molecular formula is C11H18N2. The van der Waals surface area contributed by atoms with E-state index >= 15 is 0 Å². The van der Waals surface area contributed by atoms with Crippen molar-refractivity contribution in [2.24, 2.45) is 0 Å². The van der Waals surface area contributed by atoms with Crippen LogP contribution < -0.4 is 5.32 Å². The Morgan fingerprint density at radius 2 is 1.92 bits per heavy atom. The average Bonchev–Trinajstić information content (AvgIpc) is 2.19. The number of rotatable bonds is 4. The lowest BCUT2D eigenvalue weighted by molar-refractivity contribution is 0.469. The molecule has 2 atom stereocenters. The molecule has 2 nitrogen and oxygen atoms in total. The Bertz CT molecular complexity index is 233. The molecule has 0 bridgehead atoms. The van der Waals surface area contributed by atoms with Gasteiger partial charge in [0.15, 0.2) is 0 Å². The van der Waals surface area contributed by atoms with Crippen molar-refractivity contribution in [3.63, 3.8) is 0 Å². The predicted octanol–water partition coefficient (Wildman–Crippen LogP) is 2.53. The molecule has 1 heterocycles. The molecule has 0 aliphatic heterocycles. The van der Waals surface area contributed by atoms with Gasteiger partial charge in [-0.2, -0.15) is 0 Å². The largest absolute Gasteiger partial charge is 0.308 e. The van der Waals surface area contributed by atoms with Crippen molar-refractivity contribution in [1.82, 2.24) is 10.3 Å². The topological polar surface area (TPSA) is 24.9 Å². The lowest BCUT2D eigenvalue weighted by Gasteiger charge is -2.18. The minimum absolute atomic E-state index is 0.415. The summed E-state index contributed by atoms with van der Waals surface area (Å²) in [4.78, 5) is 4.00. The summed E-state index contributed by atoms with van der Waals surface area (Å²) in [5, 5.41) is 3.52. The second-order valence-electron chi connectivity index (χ2n) is 3.48. The van der Waals surface area contributed by atoms with Gasteiger partial charge >= 0.3 is 0 Å². The lowest BCUT2D eigenvalue weighted by atomic mass is 10.1. The van der Waals surface area contributed by atoms with Gasteiger partial charge in [0.05, 0.1) is 0 Å². The molecular weight excluding hydrogens is 160 g/mol. The van der Waals surface area contributed by atoms with Crippen LogP contribution in [0.15, 0.2) is 24.5 Å². The van der Waals surface area contributed by atoms with Crippen molar-refractivity contribution in [3.05, 3.63) is 30.1 Å². The van der Waals surface area contributed by atoms with Gasteiger partial charge < -0.3 is 5.32 Å². The van der Waals surface area contributed by atoms with Gasteiger partial charge in [0.25, 0.3) is 0 Å². The van der Waals surface area contributed by atoms with Crippen LogP contribution in [-0.4, -0.2) is 11.0 Å². The van der Waals surface area contributed by atoms with Gasteiger partial charge in [-0.3, -0.25) is 4.98 Å². The Morgan fingerprint density at radius 1 is 1.31 bits per heavy atom. The molecule has 0 aromatic carbocycles. The van der Waals surface area contributed by atoms with Crippen LogP contribution in [0.3, 0.4) is 0 Å². The molecule has 1 rings (SSSR count). The standard InChI is InChI=1S/C11H18N2/c1-4-9(2)13-10(3)11-5-7-12-8-6-11/h5-10,13H,4H2,1-3H3/t9-,10-/m1/s1. The molecule has 0 saturated carbocycles. The number of nitrogens with zero attached hydrogens (tertiary/aromatic N) is 1. The van der Waals surface area contributed by atoms with E-state index in [0.717, 1.165) is 6.42 Å². The van der Waals surface area contributed by atoms with Gasteiger partial charge in [-0.15, -0.1) is 0 Å². The molecule has 1 aromatic heterocycles. The van der Waals surface area contributed by atoms with Gasteiger partial charge in [-0.05, 0) is 38.0 Å². The van der Waals surface area contributed by atoms with E-state index in [1.807, 2.05) is 12.4 Å². The first-order valence-electron chi connectivity index (χ1n) is 4.90. The summed E-state index contributed by atoms with van der Waals surface area (Å²) < 4.78 is 0. The summed E-state index contributed by atoms with van der Waals surface area (Å²) >= 11 is 0. The van der Waals surface area contributed by atoms with Crippen LogP contribution in [0.2, 0.25) is 0 Å². The van der Waals surface area contributed by atoms with E-state index < -0.39 is 0 Å². The molecule has 0 radical (unpaired) electrons. The van der Waals surface area contributed by atoms with E-state index in [9.17, 15) is 0 Å². The maximum atomic E-state index is 4.00. The third kappa shape index (κ3) is 3.15. The van der Waals surface area contributed by atoms with Gasteiger partial charge in [0.2, 0.25) is 0 Å². The van der Waals surface area contributed by atoms with Gasteiger partial charge in [-0.25, -0.2) is 0 Å². The first-order chi connectivity index (χ1) is 6.24. The van der Waals surface area contributed by atoms with Crippen molar-refractivity contribution in [3.8, 4) is 0 Å². The summed E-state index contributed by atoms with van der Waals surface area (Å²) in [6.07, 6.45) is 4.84. The fourth-order valence-electron chi connectivity index (χ4n) is 1.29. The second kappa shape index (κ2) is 4.97. The van der Waals surface area contributed by atoms with Crippen LogP contribution in [0.1, 0.15) is 38.8 Å².